The third-order valence-electron chi connectivity index (χ3n) is 3.11. The molecule has 2 atom stereocenters. The van der Waals surface area contributed by atoms with Crippen LogP contribution >= 0.6 is 0 Å². The summed E-state index contributed by atoms with van der Waals surface area (Å²) in [5.74, 6) is 1.45. The second kappa shape index (κ2) is 8.11. The molecule has 0 amide bonds. The van der Waals surface area contributed by atoms with E-state index in [1.807, 2.05) is 0 Å². The first-order chi connectivity index (χ1) is 7.02. The summed E-state index contributed by atoms with van der Waals surface area (Å²) >= 11 is 0. The normalized spacial score (nSPS) is 15.9. The van der Waals surface area contributed by atoms with Gasteiger partial charge in [0.15, 0.2) is 9.76 Å². The SMILES string of the molecule is CCC(C)C(=C[SiH2]OC(C)C)C(C)CC. The van der Waals surface area contributed by atoms with E-state index in [4.69, 9.17) is 4.43 Å². The van der Waals surface area contributed by atoms with Crippen molar-refractivity contribution < 1.29 is 4.43 Å². The first kappa shape index (κ1) is 14.9. The van der Waals surface area contributed by atoms with E-state index < -0.39 is 9.76 Å². The van der Waals surface area contributed by atoms with Gasteiger partial charge in [-0.1, -0.05) is 39.0 Å². The summed E-state index contributed by atoms with van der Waals surface area (Å²) in [6.07, 6.45) is 2.88. The van der Waals surface area contributed by atoms with E-state index in [9.17, 15) is 0 Å². The molecule has 0 spiro atoms. The van der Waals surface area contributed by atoms with E-state index in [-0.39, 0.29) is 0 Å². The van der Waals surface area contributed by atoms with Gasteiger partial charge in [0.05, 0.1) is 0 Å². The predicted octanol–water partition coefficient (Wildman–Crippen LogP) is 3.47. The van der Waals surface area contributed by atoms with Gasteiger partial charge in [0.2, 0.25) is 0 Å². The molecule has 15 heavy (non-hydrogen) atoms. The van der Waals surface area contributed by atoms with Crippen LogP contribution in [0.15, 0.2) is 11.3 Å². The molecule has 0 rings (SSSR count). The van der Waals surface area contributed by atoms with Crippen LogP contribution in [0.5, 0.6) is 0 Å². The van der Waals surface area contributed by atoms with E-state index in [0.717, 1.165) is 11.8 Å². The van der Waals surface area contributed by atoms with Gasteiger partial charge < -0.3 is 4.43 Å². The van der Waals surface area contributed by atoms with E-state index in [1.54, 1.807) is 5.57 Å². The molecule has 1 nitrogen and oxygen atoms in total. The molecule has 0 saturated carbocycles. The monoisotopic (exact) mass is 228 g/mol. The second-order valence-corrected chi connectivity index (χ2v) is 5.78. The molecule has 2 unspecified atom stereocenters. The molecule has 0 bridgehead atoms. The largest absolute Gasteiger partial charge is 0.417 e. The maximum absolute atomic E-state index is 5.72. The van der Waals surface area contributed by atoms with Gasteiger partial charge in [-0.15, -0.1) is 0 Å². The Balaban J connectivity index is 4.34. The average Bonchev–Trinajstić information content (AvgIpc) is 2.22. The number of allylic oxidation sites excluding steroid dienone is 1. The zero-order valence-electron chi connectivity index (χ0n) is 11.3. The molecule has 0 heterocycles. The third kappa shape index (κ3) is 6.16. The summed E-state index contributed by atoms with van der Waals surface area (Å²) < 4.78 is 5.72. The van der Waals surface area contributed by atoms with Gasteiger partial charge >= 0.3 is 0 Å². The van der Waals surface area contributed by atoms with Crippen LogP contribution in [0.2, 0.25) is 0 Å². The van der Waals surface area contributed by atoms with Gasteiger partial charge in [-0.3, -0.25) is 0 Å². The summed E-state index contributed by atoms with van der Waals surface area (Å²) in [5, 5.41) is 0. The van der Waals surface area contributed by atoms with Crippen molar-refractivity contribution in [2.75, 3.05) is 0 Å². The Morgan fingerprint density at radius 3 is 1.87 bits per heavy atom. The molecule has 2 heteroatoms. The van der Waals surface area contributed by atoms with Crippen molar-refractivity contribution in [3.05, 3.63) is 11.3 Å². The molecule has 0 aliphatic rings. The van der Waals surface area contributed by atoms with Crippen LogP contribution in [0.25, 0.3) is 0 Å². The van der Waals surface area contributed by atoms with Crippen LogP contribution in [0.4, 0.5) is 0 Å². The van der Waals surface area contributed by atoms with Crippen LogP contribution in [0.3, 0.4) is 0 Å². The molecule has 0 aromatic carbocycles. The Morgan fingerprint density at radius 2 is 1.53 bits per heavy atom. The minimum atomic E-state index is -0.450. The smallest absolute Gasteiger partial charge is 0.185 e. The number of hydrogen-bond acceptors (Lipinski definition) is 1. The fraction of sp³-hybridized carbons (Fsp3) is 0.846. The van der Waals surface area contributed by atoms with E-state index in [1.165, 1.54) is 12.8 Å². The number of hydrogen-bond donors (Lipinski definition) is 0. The molecular formula is C13H28OSi. The topological polar surface area (TPSA) is 9.23 Å². The molecule has 0 fully saturated rings. The molecule has 90 valence electrons. The molecule has 0 aliphatic carbocycles. The van der Waals surface area contributed by atoms with Crippen molar-refractivity contribution in [3.8, 4) is 0 Å². The molecule has 0 aromatic rings. The van der Waals surface area contributed by atoms with Crippen molar-refractivity contribution in [3.63, 3.8) is 0 Å². The first-order valence-corrected chi connectivity index (χ1v) is 7.73. The lowest BCUT2D eigenvalue weighted by molar-refractivity contribution is 0.259. The average molecular weight is 228 g/mol. The Bertz CT molecular complexity index is 175. The molecule has 0 radical (unpaired) electrons. The van der Waals surface area contributed by atoms with Gasteiger partial charge in [-0.05, 0) is 38.5 Å². The Hall–Kier alpha value is -0.0831. The Labute approximate surface area is 98.2 Å². The van der Waals surface area contributed by atoms with Gasteiger partial charge in [0, 0.05) is 6.10 Å². The van der Waals surface area contributed by atoms with Gasteiger partial charge in [-0.2, -0.15) is 0 Å². The fourth-order valence-corrected chi connectivity index (χ4v) is 3.17. The van der Waals surface area contributed by atoms with Crippen LogP contribution < -0.4 is 0 Å². The maximum Gasteiger partial charge on any atom is 0.185 e. The summed E-state index contributed by atoms with van der Waals surface area (Å²) in [4.78, 5) is 0. The van der Waals surface area contributed by atoms with Crippen LogP contribution in [-0.4, -0.2) is 15.9 Å². The summed E-state index contributed by atoms with van der Waals surface area (Å²) in [7, 11) is -0.450. The van der Waals surface area contributed by atoms with Crippen molar-refractivity contribution in [1.82, 2.24) is 0 Å². The fourth-order valence-electron chi connectivity index (χ4n) is 1.70. The van der Waals surface area contributed by atoms with Gasteiger partial charge in [0.1, 0.15) is 0 Å². The van der Waals surface area contributed by atoms with Crippen molar-refractivity contribution in [1.29, 1.82) is 0 Å². The van der Waals surface area contributed by atoms with E-state index >= 15 is 0 Å². The highest BCUT2D eigenvalue weighted by atomic mass is 28.2. The second-order valence-electron chi connectivity index (χ2n) is 4.70. The molecule has 0 saturated heterocycles. The van der Waals surface area contributed by atoms with Crippen LogP contribution in [-0.2, 0) is 4.43 Å². The van der Waals surface area contributed by atoms with E-state index in [0.29, 0.717) is 6.10 Å². The van der Waals surface area contributed by atoms with Gasteiger partial charge in [0.25, 0.3) is 0 Å². The summed E-state index contributed by atoms with van der Waals surface area (Å²) in [5.41, 5.74) is 4.06. The van der Waals surface area contributed by atoms with Crippen molar-refractivity contribution in [2.24, 2.45) is 11.8 Å². The molecule has 0 aliphatic heterocycles. The minimum absolute atomic E-state index is 0.392. The lowest BCUT2D eigenvalue weighted by Crippen LogP contribution is -2.11. The number of rotatable bonds is 7. The maximum atomic E-state index is 5.72. The lowest BCUT2D eigenvalue weighted by atomic mass is 9.88. The zero-order chi connectivity index (χ0) is 11.8. The summed E-state index contributed by atoms with van der Waals surface area (Å²) in [6.45, 7) is 13.4. The Kier molecular flexibility index (Phi) is 8.07. The molecule has 0 N–H and O–H groups in total. The highest BCUT2D eigenvalue weighted by molar-refractivity contribution is 6.34. The minimum Gasteiger partial charge on any atom is -0.417 e. The standard InChI is InChI=1S/C13H28OSi/c1-7-11(5)13(12(6)8-2)9-15-14-10(3)4/h9-12H,7-8,15H2,1-6H3. The highest BCUT2D eigenvalue weighted by Crippen LogP contribution is 2.24. The molecular weight excluding hydrogens is 200 g/mol. The van der Waals surface area contributed by atoms with Gasteiger partial charge in [-0.25, -0.2) is 0 Å². The van der Waals surface area contributed by atoms with Crippen molar-refractivity contribution in [2.45, 2.75) is 60.5 Å². The molecule has 0 aromatic heterocycles. The van der Waals surface area contributed by atoms with Crippen molar-refractivity contribution >= 4 is 9.76 Å². The highest BCUT2D eigenvalue weighted by Gasteiger charge is 2.12. The van der Waals surface area contributed by atoms with Crippen LogP contribution in [0, 0.1) is 11.8 Å². The zero-order valence-corrected chi connectivity index (χ0v) is 12.8. The quantitative estimate of drug-likeness (QED) is 0.606. The van der Waals surface area contributed by atoms with E-state index in [2.05, 4.69) is 47.2 Å². The summed E-state index contributed by atoms with van der Waals surface area (Å²) in [6, 6.07) is 0. The predicted molar refractivity (Wildman–Crippen MR) is 71.8 cm³/mol. The Morgan fingerprint density at radius 1 is 1.07 bits per heavy atom. The third-order valence-corrected chi connectivity index (χ3v) is 4.61. The lowest BCUT2D eigenvalue weighted by Gasteiger charge is -2.20. The first-order valence-electron chi connectivity index (χ1n) is 6.34. The van der Waals surface area contributed by atoms with Crippen LogP contribution in [0.1, 0.15) is 54.4 Å².